The van der Waals surface area contributed by atoms with E-state index in [9.17, 15) is 0 Å². The Labute approximate surface area is 117 Å². The molecule has 5 nitrogen and oxygen atoms in total. The highest BCUT2D eigenvalue weighted by molar-refractivity contribution is 7.99. The predicted octanol–water partition coefficient (Wildman–Crippen LogP) is 1.89. The number of benzene rings is 1. The first-order valence-corrected chi connectivity index (χ1v) is 7.60. The molecular formula is C13H19N5S. The third-order valence-electron chi connectivity index (χ3n) is 2.72. The van der Waals surface area contributed by atoms with Crippen LogP contribution in [-0.4, -0.2) is 37.8 Å². The van der Waals surface area contributed by atoms with Crippen molar-refractivity contribution in [2.45, 2.75) is 26.4 Å². The van der Waals surface area contributed by atoms with Gasteiger partial charge < -0.3 is 5.32 Å². The van der Waals surface area contributed by atoms with Crippen molar-refractivity contribution in [1.82, 2.24) is 25.5 Å². The Bertz CT molecular complexity index is 485. The smallest absolute Gasteiger partial charge is 0.170 e. The summed E-state index contributed by atoms with van der Waals surface area (Å²) < 4.78 is 1.77. The molecule has 0 spiro atoms. The van der Waals surface area contributed by atoms with Crippen molar-refractivity contribution in [3.05, 3.63) is 36.2 Å². The summed E-state index contributed by atoms with van der Waals surface area (Å²) in [7, 11) is 0. The van der Waals surface area contributed by atoms with Crippen LogP contribution in [-0.2, 0) is 6.54 Å². The van der Waals surface area contributed by atoms with E-state index in [-0.39, 0.29) is 0 Å². The van der Waals surface area contributed by atoms with Crippen molar-refractivity contribution < 1.29 is 0 Å². The minimum atomic E-state index is 0.450. The number of nitrogens with one attached hydrogen (secondary N) is 1. The average Bonchev–Trinajstić information content (AvgIpc) is 2.92. The van der Waals surface area contributed by atoms with Crippen LogP contribution in [0.5, 0.6) is 0 Å². The molecule has 1 aromatic heterocycles. The van der Waals surface area contributed by atoms with E-state index in [4.69, 9.17) is 0 Å². The molecular weight excluding hydrogens is 258 g/mol. The van der Waals surface area contributed by atoms with Crippen LogP contribution in [0.25, 0.3) is 5.69 Å². The molecule has 0 aliphatic rings. The second-order valence-corrected chi connectivity index (χ2v) is 5.60. The SMILES string of the molecule is CCSCC(C)NCc1nnnn1-c1ccccc1. The molecule has 0 fully saturated rings. The van der Waals surface area contributed by atoms with Gasteiger partial charge in [-0.1, -0.05) is 25.1 Å². The Morgan fingerprint density at radius 2 is 2.11 bits per heavy atom. The van der Waals surface area contributed by atoms with Gasteiger partial charge in [-0.2, -0.15) is 16.4 Å². The maximum atomic E-state index is 4.08. The molecule has 6 heteroatoms. The molecule has 1 unspecified atom stereocenters. The number of aromatic nitrogens is 4. The lowest BCUT2D eigenvalue weighted by Crippen LogP contribution is -2.29. The van der Waals surface area contributed by atoms with Crippen molar-refractivity contribution in [1.29, 1.82) is 0 Å². The van der Waals surface area contributed by atoms with Gasteiger partial charge in [-0.15, -0.1) is 5.10 Å². The summed E-state index contributed by atoms with van der Waals surface area (Å²) in [6, 6.07) is 10.4. The Hall–Kier alpha value is -1.40. The standard InChI is InChI=1S/C13H19N5S/c1-3-19-10-11(2)14-9-13-15-16-17-18(13)12-7-5-4-6-8-12/h4-8,11,14H,3,9-10H2,1-2H3. The topological polar surface area (TPSA) is 55.6 Å². The van der Waals surface area contributed by atoms with Crippen LogP contribution >= 0.6 is 11.8 Å². The lowest BCUT2D eigenvalue weighted by molar-refractivity contribution is 0.569. The monoisotopic (exact) mass is 277 g/mol. The van der Waals surface area contributed by atoms with E-state index in [1.54, 1.807) is 4.68 Å². The quantitative estimate of drug-likeness (QED) is 0.837. The zero-order chi connectivity index (χ0) is 13.5. The van der Waals surface area contributed by atoms with Crippen LogP contribution < -0.4 is 5.32 Å². The van der Waals surface area contributed by atoms with Gasteiger partial charge in [0.2, 0.25) is 0 Å². The van der Waals surface area contributed by atoms with Gasteiger partial charge in [0.15, 0.2) is 5.82 Å². The molecule has 0 amide bonds. The summed E-state index contributed by atoms with van der Waals surface area (Å²) in [4.78, 5) is 0. The van der Waals surface area contributed by atoms with E-state index < -0.39 is 0 Å². The molecule has 0 bridgehead atoms. The van der Waals surface area contributed by atoms with Crippen molar-refractivity contribution >= 4 is 11.8 Å². The summed E-state index contributed by atoms with van der Waals surface area (Å²) in [5, 5.41) is 15.3. The van der Waals surface area contributed by atoms with Crippen molar-refractivity contribution in [2.75, 3.05) is 11.5 Å². The largest absolute Gasteiger partial charge is 0.306 e. The molecule has 2 aromatic rings. The lowest BCUT2D eigenvalue weighted by Gasteiger charge is -2.12. The molecule has 2 rings (SSSR count). The zero-order valence-corrected chi connectivity index (χ0v) is 12.1. The molecule has 0 aliphatic carbocycles. The van der Waals surface area contributed by atoms with Crippen LogP contribution in [0.1, 0.15) is 19.7 Å². The maximum absolute atomic E-state index is 4.08. The molecule has 0 saturated heterocycles. The van der Waals surface area contributed by atoms with E-state index in [0.29, 0.717) is 12.6 Å². The second-order valence-electron chi connectivity index (χ2n) is 4.28. The fraction of sp³-hybridized carbons (Fsp3) is 0.462. The van der Waals surface area contributed by atoms with Crippen LogP contribution in [0.2, 0.25) is 0 Å². The summed E-state index contributed by atoms with van der Waals surface area (Å²) in [6.07, 6.45) is 0. The van der Waals surface area contributed by atoms with E-state index >= 15 is 0 Å². The molecule has 1 atom stereocenters. The summed E-state index contributed by atoms with van der Waals surface area (Å²) in [6.45, 7) is 5.03. The van der Waals surface area contributed by atoms with E-state index in [1.807, 2.05) is 42.1 Å². The van der Waals surface area contributed by atoms with Crippen molar-refractivity contribution in [2.24, 2.45) is 0 Å². The minimum Gasteiger partial charge on any atom is -0.306 e. The van der Waals surface area contributed by atoms with E-state index in [0.717, 1.165) is 23.0 Å². The number of rotatable bonds is 7. The summed E-state index contributed by atoms with van der Waals surface area (Å²) in [5.74, 6) is 3.08. The summed E-state index contributed by atoms with van der Waals surface area (Å²) >= 11 is 1.93. The third-order valence-corrected chi connectivity index (χ3v) is 3.86. The molecule has 19 heavy (non-hydrogen) atoms. The Balaban J connectivity index is 1.97. The first-order valence-electron chi connectivity index (χ1n) is 6.45. The number of hydrogen-bond acceptors (Lipinski definition) is 5. The Morgan fingerprint density at radius 3 is 2.84 bits per heavy atom. The number of thioether (sulfide) groups is 1. The Kier molecular flexibility index (Phi) is 5.35. The lowest BCUT2D eigenvalue weighted by atomic mass is 10.3. The minimum absolute atomic E-state index is 0.450. The van der Waals surface area contributed by atoms with E-state index in [2.05, 4.69) is 34.7 Å². The van der Waals surface area contributed by atoms with Gasteiger partial charge >= 0.3 is 0 Å². The molecule has 0 saturated carbocycles. The predicted molar refractivity (Wildman–Crippen MR) is 78.5 cm³/mol. The molecule has 1 N–H and O–H groups in total. The van der Waals surface area contributed by atoms with Gasteiger partial charge in [0, 0.05) is 11.8 Å². The molecule has 0 aliphatic heterocycles. The summed E-state index contributed by atoms with van der Waals surface area (Å²) in [5.41, 5.74) is 0.986. The van der Waals surface area contributed by atoms with Crippen molar-refractivity contribution in [3.8, 4) is 5.69 Å². The average molecular weight is 277 g/mol. The molecule has 1 aromatic carbocycles. The zero-order valence-electron chi connectivity index (χ0n) is 11.3. The van der Waals surface area contributed by atoms with Crippen LogP contribution in [0.3, 0.4) is 0 Å². The number of para-hydroxylation sites is 1. The number of tetrazole rings is 1. The third kappa shape index (κ3) is 4.04. The van der Waals surface area contributed by atoms with Gasteiger partial charge in [0.1, 0.15) is 0 Å². The number of nitrogens with zero attached hydrogens (tertiary/aromatic N) is 4. The molecule has 0 radical (unpaired) electrons. The fourth-order valence-corrected chi connectivity index (χ4v) is 2.41. The second kappa shape index (κ2) is 7.25. The van der Waals surface area contributed by atoms with Gasteiger partial charge in [0.25, 0.3) is 0 Å². The fourth-order valence-electron chi connectivity index (χ4n) is 1.70. The van der Waals surface area contributed by atoms with Gasteiger partial charge in [-0.25, -0.2) is 0 Å². The maximum Gasteiger partial charge on any atom is 0.170 e. The first-order chi connectivity index (χ1) is 9.31. The van der Waals surface area contributed by atoms with Gasteiger partial charge in [0.05, 0.1) is 12.2 Å². The van der Waals surface area contributed by atoms with Crippen molar-refractivity contribution in [3.63, 3.8) is 0 Å². The van der Waals surface area contributed by atoms with Crippen LogP contribution in [0, 0.1) is 0 Å². The Morgan fingerprint density at radius 1 is 1.32 bits per heavy atom. The highest BCUT2D eigenvalue weighted by atomic mass is 32.2. The molecule has 102 valence electrons. The highest BCUT2D eigenvalue weighted by Crippen LogP contribution is 2.07. The first kappa shape index (κ1) is 14.0. The van der Waals surface area contributed by atoms with E-state index in [1.165, 1.54) is 0 Å². The normalized spacial score (nSPS) is 12.5. The van der Waals surface area contributed by atoms with Crippen LogP contribution in [0.4, 0.5) is 0 Å². The highest BCUT2D eigenvalue weighted by Gasteiger charge is 2.09. The van der Waals surface area contributed by atoms with Crippen LogP contribution in [0.15, 0.2) is 30.3 Å². The number of hydrogen-bond donors (Lipinski definition) is 1. The van der Waals surface area contributed by atoms with Gasteiger partial charge in [-0.05, 0) is 35.2 Å². The van der Waals surface area contributed by atoms with Gasteiger partial charge in [-0.3, -0.25) is 0 Å². The molecule has 1 heterocycles.